The van der Waals surface area contributed by atoms with Crippen LogP contribution in [0.4, 0.5) is 0 Å². The summed E-state index contributed by atoms with van der Waals surface area (Å²) in [5.74, 6) is -0.432. The Kier molecular flexibility index (Phi) is 3.69. The summed E-state index contributed by atoms with van der Waals surface area (Å²) in [6.07, 6.45) is 4.85. The molecule has 7 nitrogen and oxygen atoms in total. The number of aromatic nitrogens is 3. The second-order valence-electron chi connectivity index (χ2n) is 6.52. The Morgan fingerprint density at radius 3 is 2.52 bits per heavy atom. The van der Waals surface area contributed by atoms with Gasteiger partial charge in [0, 0.05) is 17.9 Å². The molecule has 3 rings (SSSR count). The van der Waals surface area contributed by atoms with E-state index in [1.54, 1.807) is 19.3 Å². The van der Waals surface area contributed by atoms with Crippen LogP contribution in [-0.2, 0) is 14.0 Å². The molecular weight excluding hydrogens is 297 g/mol. The molecule has 1 saturated heterocycles. The molecular formula is C15H20BN3O4. The molecule has 0 spiro atoms. The van der Waals surface area contributed by atoms with E-state index in [-0.39, 0.29) is 0 Å². The highest BCUT2D eigenvalue weighted by molar-refractivity contribution is 6.61. The van der Waals surface area contributed by atoms with Gasteiger partial charge < -0.3 is 14.0 Å². The topological polar surface area (TPSA) is 75.0 Å². The van der Waals surface area contributed by atoms with Crippen molar-refractivity contribution < 1.29 is 18.8 Å². The van der Waals surface area contributed by atoms with Crippen LogP contribution in [0, 0.1) is 0 Å². The van der Waals surface area contributed by atoms with Crippen molar-refractivity contribution in [1.29, 1.82) is 0 Å². The van der Waals surface area contributed by atoms with Gasteiger partial charge in [0.1, 0.15) is 5.56 Å². The number of nitrogens with zero attached hydrogens (tertiary/aromatic N) is 3. The number of carbonyl (C=O) groups excluding carboxylic acids is 1. The number of esters is 1. The van der Waals surface area contributed by atoms with Crippen LogP contribution in [0.3, 0.4) is 0 Å². The summed E-state index contributed by atoms with van der Waals surface area (Å²) in [4.78, 5) is 16.2. The zero-order valence-corrected chi connectivity index (χ0v) is 14.0. The van der Waals surface area contributed by atoms with Crippen LogP contribution < -0.4 is 5.46 Å². The summed E-state index contributed by atoms with van der Waals surface area (Å²) < 4.78 is 18.5. The first-order valence-electron chi connectivity index (χ1n) is 7.61. The molecule has 0 saturated carbocycles. The molecule has 0 unspecified atom stereocenters. The molecule has 23 heavy (non-hydrogen) atoms. The average molecular weight is 317 g/mol. The quantitative estimate of drug-likeness (QED) is 0.626. The molecule has 2 aromatic rings. The number of hydrogen-bond acceptors (Lipinski definition) is 6. The van der Waals surface area contributed by atoms with Crippen molar-refractivity contribution in [2.45, 2.75) is 45.8 Å². The molecule has 0 aliphatic carbocycles. The first-order chi connectivity index (χ1) is 10.7. The van der Waals surface area contributed by atoms with Gasteiger partial charge in [0.2, 0.25) is 0 Å². The molecule has 1 fully saturated rings. The molecule has 0 atom stereocenters. The second kappa shape index (κ2) is 5.31. The zero-order valence-electron chi connectivity index (χ0n) is 14.0. The predicted molar refractivity (Wildman–Crippen MR) is 84.7 cm³/mol. The van der Waals surface area contributed by atoms with Crippen molar-refractivity contribution >= 4 is 24.2 Å². The lowest BCUT2D eigenvalue weighted by Gasteiger charge is -2.32. The van der Waals surface area contributed by atoms with E-state index in [0.29, 0.717) is 17.8 Å². The van der Waals surface area contributed by atoms with Crippen molar-refractivity contribution in [3.63, 3.8) is 0 Å². The molecule has 1 aliphatic heterocycles. The fourth-order valence-electron chi connectivity index (χ4n) is 2.34. The van der Waals surface area contributed by atoms with Crippen molar-refractivity contribution in [3.05, 3.63) is 24.2 Å². The highest BCUT2D eigenvalue weighted by Crippen LogP contribution is 2.36. The van der Waals surface area contributed by atoms with Crippen LogP contribution in [0.25, 0.3) is 5.65 Å². The number of fused-ring (bicyclic) bond motifs is 1. The van der Waals surface area contributed by atoms with Gasteiger partial charge in [0.25, 0.3) is 0 Å². The molecule has 0 aromatic carbocycles. The summed E-state index contributed by atoms with van der Waals surface area (Å²) in [6, 6.07) is 0. The van der Waals surface area contributed by atoms with Gasteiger partial charge in [-0.1, -0.05) is 0 Å². The van der Waals surface area contributed by atoms with Gasteiger partial charge in [0.05, 0.1) is 24.0 Å². The molecule has 1 aliphatic rings. The average Bonchev–Trinajstić information content (AvgIpc) is 2.97. The molecule has 0 N–H and O–H groups in total. The third-order valence-corrected chi connectivity index (χ3v) is 4.40. The SMILES string of the molecule is CCOC(=O)c1cnn2cc(B3OC(C)(C)C(C)(C)O3)cnc12. The molecule has 0 radical (unpaired) electrons. The minimum atomic E-state index is -0.521. The number of rotatable bonds is 3. The maximum atomic E-state index is 11.9. The van der Waals surface area contributed by atoms with E-state index in [4.69, 9.17) is 14.0 Å². The molecule has 3 heterocycles. The van der Waals surface area contributed by atoms with Crippen molar-refractivity contribution in [2.24, 2.45) is 0 Å². The third-order valence-electron chi connectivity index (χ3n) is 4.40. The van der Waals surface area contributed by atoms with Gasteiger partial charge in [-0.3, -0.25) is 0 Å². The normalized spacial score (nSPS) is 19.3. The van der Waals surface area contributed by atoms with Gasteiger partial charge in [0.15, 0.2) is 5.65 Å². The molecule has 8 heteroatoms. The highest BCUT2D eigenvalue weighted by Gasteiger charge is 2.52. The van der Waals surface area contributed by atoms with Gasteiger partial charge in [-0.25, -0.2) is 14.3 Å². The Morgan fingerprint density at radius 1 is 1.26 bits per heavy atom. The van der Waals surface area contributed by atoms with E-state index in [1.165, 1.54) is 10.7 Å². The monoisotopic (exact) mass is 317 g/mol. The minimum Gasteiger partial charge on any atom is -0.462 e. The van der Waals surface area contributed by atoms with Crippen LogP contribution >= 0.6 is 0 Å². The van der Waals surface area contributed by atoms with Crippen LogP contribution in [0.2, 0.25) is 0 Å². The van der Waals surface area contributed by atoms with E-state index >= 15 is 0 Å². The lowest BCUT2D eigenvalue weighted by molar-refractivity contribution is 0.00578. The van der Waals surface area contributed by atoms with Gasteiger partial charge in [-0.2, -0.15) is 5.10 Å². The van der Waals surface area contributed by atoms with Crippen LogP contribution in [0.5, 0.6) is 0 Å². The Labute approximate surface area is 135 Å². The summed E-state index contributed by atoms with van der Waals surface area (Å²) in [5.41, 5.74) is 0.685. The lowest BCUT2D eigenvalue weighted by Crippen LogP contribution is -2.41. The summed E-state index contributed by atoms with van der Waals surface area (Å²) in [5, 5.41) is 4.17. The maximum absolute atomic E-state index is 11.9. The van der Waals surface area contributed by atoms with E-state index in [0.717, 1.165) is 5.46 Å². The summed E-state index contributed by atoms with van der Waals surface area (Å²) in [7, 11) is -0.521. The van der Waals surface area contributed by atoms with Crippen molar-refractivity contribution in [2.75, 3.05) is 6.61 Å². The standard InChI is InChI=1S/C15H20BN3O4/c1-6-21-13(20)11-8-18-19-9-10(7-17-12(11)19)16-22-14(2,3)15(4,5)23-16/h7-9H,6H2,1-5H3. The predicted octanol–water partition coefficient (Wildman–Crippen LogP) is 1.21. The van der Waals surface area contributed by atoms with Gasteiger partial charge >= 0.3 is 13.1 Å². The Balaban J connectivity index is 1.92. The Bertz CT molecular complexity index is 740. The fourth-order valence-corrected chi connectivity index (χ4v) is 2.34. The van der Waals surface area contributed by atoms with E-state index in [9.17, 15) is 4.79 Å². The van der Waals surface area contributed by atoms with E-state index in [2.05, 4.69) is 10.1 Å². The van der Waals surface area contributed by atoms with E-state index < -0.39 is 24.3 Å². The zero-order chi connectivity index (χ0) is 16.8. The van der Waals surface area contributed by atoms with Crippen molar-refractivity contribution in [1.82, 2.24) is 14.6 Å². The first-order valence-corrected chi connectivity index (χ1v) is 7.61. The van der Waals surface area contributed by atoms with Crippen LogP contribution in [0.1, 0.15) is 45.0 Å². The molecule has 2 aromatic heterocycles. The number of hydrogen-bond donors (Lipinski definition) is 0. The summed E-state index contributed by atoms with van der Waals surface area (Å²) in [6.45, 7) is 10.0. The molecule has 0 bridgehead atoms. The lowest BCUT2D eigenvalue weighted by atomic mass is 9.81. The van der Waals surface area contributed by atoms with Crippen LogP contribution in [0.15, 0.2) is 18.6 Å². The van der Waals surface area contributed by atoms with Crippen LogP contribution in [-0.4, -0.2) is 45.5 Å². The van der Waals surface area contributed by atoms with E-state index in [1.807, 2.05) is 27.7 Å². The molecule has 0 amide bonds. The molecule has 122 valence electrons. The first kappa shape index (κ1) is 16.0. The number of carbonyl (C=O) groups is 1. The smallest absolute Gasteiger partial charge is 0.462 e. The largest absolute Gasteiger partial charge is 0.498 e. The maximum Gasteiger partial charge on any atom is 0.498 e. The second-order valence-corrected chi connectivity index (χ2v) is 6.52. The van der Waals surface area contributed by atoms with Crippen molar-refractivity contribution in [3.8, 4) is 0 Å². The van der Waals surface area contributed by atoms with Gasteiger partial charge in [-0.15, -0.1) is 0 Å². The third kappa shape index (κ3) is 2.62. The fraction of sp³-hybridized carbons (Fsp3) is 0.533. The minimum absolute atomic E-state index is 0.308. The Hall–Kier alpha value is -1.93. The highest BCUT2D eigenvalue weighted by atomic mass is 16.7. The number of ether oxygens (including phenoxy) is 1. The Morgan fingerprint density at radius 2 is 1.91 bits per heavy atom. The summed E-state index contributed by atoms with van der Waals surface area (Å²) >= 11 is 0. The van der Waals surface area contributed by atoms with Gasteiger partial charge in [-0.05, 0) is 34.6 Å².